The number of aliphatic hydroxyl groups excluding tert-OH is 13. The molecule has 2 bridgehead atoms. The van der Waals surface area contributed by atoms with Crippen molar-refractivity contribution in [3.8, 4) is 0 Å². The van der Waals surface area contributed by atoms with Crippen LogP contribution in [0.5, 0.6) is 0 Å². The highest BCUT2D eigenvalue weighted by Crippen LogP contribution is 2.81. The minimum atomic E-state index is -1.91. The second-order valence-corrected chi connectivity index (χ2v) is 28.4. The summed E-state index contributed by atoms with van der Waals surface area (Å²) in [6.45, 7) is 17.1. The Morgan fingerprint density at radius 3 is 1.84 bits per heavy atom. The molecule has 13 N–H and O–H groups in total. The molecule has 10 fully saturated rings. The zero-order valence-corrected chi connectivity index (χ0v) is 48.2. The zero-order valence-electron chi connectivity index (χ0n) is 48.2. The number of aliphatic hydroxyl groups is 13. The van der Waals surface area contributed by atoms with E-state index in [-0.39, 0.29) is 52.3 Å². The summed E-state index contributed by atoms with van der Waals surface area (Å²) in [6.07, 6.45) is -28.0. The van der Waals surface area contributed by atoms with E-state index >= 15 is 0 Å². The van der Waals surface area contributed by atoms with Crippen LogP contribution in [0.2, 0.25) is 0 Å². The molecule has 0 amide bonds. The molecule has 5 saturated heterocycles. The maximum atomic E-state index is 13.4. The van der Waals surface area contributed by atoms with E-state index in [2.05, 4.69) is 48.5 Å². The molecule has 10 aliphatic rings. The fourth-order valence-corrected chi connectivity index (χ4v) is 18.4. The van der Waals surface area contributed by atoms with E-state index in [4.69, 9.17) is 47.4 Å². The highest BCUT2D eigenvalue weighted by Gasteiger charge is 2.84. The molecule has 81 heavy (non-hydrogen) atoms. The van der Waals surface area contributed by atoms with Gasteiger partial charge in [0.25, 0.3) is 0 Å². The van der Waals surface area contributed by atoms with Gasteiger partial charge in [-0.05, 0) is 97.2 Å². The Labute approximate surface area is 473 Å². The first-order valence-electron chi connectivity index (χ1n) is 29.6. The van der Waals surface area contributed by atoms with E-state index in [1.165, 1.54) is 0 Å². The van der Waals surface area contributed by atoms with Gasteiger partial charge in [0.15, 0.2) is 31.5 Å². The Hall–Kier alpha value is -1.41. The smallest absolute Gasteiger partial charge is 0.306 e. The standard InChI is InChI=1S/C57H94O24/c1-24(2)16-35(62)77-34-19-51(3,4)17-31-56-15-11-30-53(7)13-12-33(52(5,6)29(53)10-14-54(30,8)55(56,9)18-32(61)57(31,34)50(71)81-56)78-48-44(80-47-43(70)40(67)37(64)26(20-58)74-47)39(66)28(23-73-48)76-49-45(41(68)38(65)27(21-59)75-49)79-46-42(69)36(63)25(60)22-72-46/h24-34,36-50,58-61,63-71H,10-23H2,1-9H3/t25-,26-,27-,28+,29+,30-,31+,32-,33+,34+,36+,37-,38-,39+,40+,41+,42-,43-,44-,45-,46+,47+,48+,49+,50+,53+,54-,55+,56+,57-/m1/s1. The normalized spacial score (nSPS) is 54.8. The maximum Gasteiger partial charge on any atom is 0.306 e. The number of carbonyl (C=O) groups is 1. The molecule has 5 saturated carbocycles. The van der Waals surface area contributed by atoms with Gasteiger partial charge in [-0.1, -0.05) is 62.3 Å². The summed E-state index contributed by atoms with van der Waals surface area (Å²) in [5.74, 6) is -0.376. The summed E-state index contributed by atoms with van der Waals surface area (Å²) < 4.78 is 62.3. The number of carbonyl (C=O) groups excluding carboxylic acids is 1. The maximum absolute atomic E-state index is 13.4. The number of hydrogen-bond acceptors (Lipinski definition) is 24. The van der Waals surface area contributed by atoms with Crippen molar-refractivity contribution < 1.29 is 119 Å². The van der Waals surface area contributed by atoms with Crippen LogP contribution in [0, 0.1) is 56.2 Å². The fraction of sp³-hybridized carbons (Fsp3) is 0.982. The van der Waals surface area contributed by atoms with Gasteiger partial charge in [-0.25, -0.2) is 0 Å². The molecular formula is C57H94O24. The zero-order chi connectivity index (χ0) is 59.1. The minimum Gasteiger partial charge on any atom is -0.461 e. The van der Waals surface area contributed by atoms with Gasteiger partial charge < -0.3 is 114 Å². The van der Waals surface area contributed by atoms with Gasteiger partial charge in [-0.2, -0.15) is 0 Å². The summed E-state index contributed by atoms with van der Waals surface area (Å²) in [6, 6.07) is 0. The van der Waals surface area contributed by atoms with Gasteiger partial charge in [0.05, 0.1) is 49.7 Å². The Balaban J connectivity index is 0.904. The van der Waals surface area contributed by atoms with Gasteiger partial charge in [0, 0.05) is 17.8 Å². The van der Waals surface area contributed by atoms with Gasteiger partial charge in [-0.3, -0.25) is 4.79 Å². The van der Waals surface area contributed by atoms with Crippen molar-refractivity contribution in [1.82, 2.24) is 0 Å². The van der Waals surface area contributed by atoms with Gasteiger partial charge in [0.2, 0.25) is 0 Å². The average molecular weight is 1160 g/mol. The van der Waals surface area contributed by atoms with Crippen molar-refractivity contribution >= 4 is 5.97 Å². The van der Waals surface area contributed by atoms with E-state index in [0.29, 0.717) is 38.5 Å². The third-order valence-electron chi connectivity index (χ3n) is 22.7. The molecule has 0 unspecified atom stereocenters. The van der Waals surface area contributed by atoms with Crippen molar-refractivity contribution in [3.63, 3.8) is 0 Å². The predicted octanol–water partition coefficient (Wildman–Crippen LogP) is -1.19. The summed E-state index contributed by atoms with van der Waals surface area (Å²) >= 11 is 0. The Bertz CT molecular complexity index is 2220. The number of fused-ring (bicyclic) bond motifs is 4. The molecule has 0 radical (unpaired) electrons. The molecule has 10 rings (SSSR count). The molecule has 0 aromatic carbocycles. The van der Waals surface area contributed by atoms with E-state index < -0.39 is 183 Å². The topological polar surface area (TPSA) is 372 Å². The highest BCUT2D eigenvalue weighted by molar-refractivity contribution is 5.70. The van der Waals surface area contributed by atoms with Crippen LogP contribution in [0.3, 0.4) is 0 Å². The van der Waals surface area contributed by atoms with Crippen LogP contribution in [0.4, 0.5) is 0 Å². The highest BCUT2D eigenvalue weighted by atomic mass is 16.8. The van der Waals surface area contributed by atoms with Crippen molar-refractivity contribution in [2.24, 2.45) is 56.2 Å². The first-order valence-corrected chi connectivity index (χ1v) is 29.6. The Morgan fingerprint density at radius 1 is 0.568 bits per heavy atom. The molecule has 24 heteroatoms. The van der Waals surface area contributed by atoms with E-state index in [9.17, 15) is 71.2 Å². The third kappa shape index (κ3) is 9.83. The first kappa shape index (κ1) is 62.6. The molecule has 466 valence electrons. The fourth-order valence-electron chi connectivity index (χ4n) is 18.4. The molecule has 5 aliphatic heterocycles. The van der Waals surface area contributed by atoms with Gasteiger partial charge >= 0.3 is 5.97 Å². The van der Waals surface area contributed by atoms with Crippen LogP contribution >= 0.6 is 0 Å². The summed E-state index contributed by atoms with van der Waals surface area (Å²) in [5, 5.41) is 144. The molecule has 24 nitrogen and oxygen atoms in total. The first-order chi connectivity index (χ1) is 37.9. The quantitative estimate of drug-likeness (QED) is 0.0762. The molecule has 5 heterocycles. The van der Waals surface area contributed by atoms with Crippen LogP contribution in [0.25, 0.3) is 0 Å². The molecule has 0 aromatic rings. The number of ether oxygens (including phenoxy) is 10. The van der Waals surface area contributed by atoms with E-state index in [1.54, 1.807) is 0 Å². The predicted molar refractivity (Wildman–Crippen MR) is 276 cm³/mol. The van der Waals surface area contributed by atoms with Gasteiger partial charge in [-0.15, -0.1) is 0 Å². The van der Waals surface area contributed by atoms with Crippen LogP contribution in [0.1, 0.15) is 127 Å². The van der Waals surface area contributed by atoms with Crippen molar-refractivity contribution in [2.75, 3.05) is 26.4 Å². The molecule has 0 aromatic heterocycles. The van der Waals surface area contributed by atoms with Crippen molar-refractivity contribution in [2.45, 2.75) is 267 Å². The number of hydrogen-bond donors (Lipinski definition) is 13. The lowest BCUT2D eigenvalue weighted by molar-refractivity contribution is -0.392. The lowest BCUT2D eigenvalue weighted by Crippen LogP contribution is -2.75. The molecular weight excluding hydrogens is 1070 g/mol. The van der Waals surface area contributed by atoms with Gasteiger partial charge in [0.1, 0.15) is 91.6 Å². The third-order valence-corrected chi connectivity index (χ3v) is 22.7. The second-order valence-electron chi connectivity index (χ2n) is 28.4. The SMILES string of the molecule is CC(C)CC(=O)O[C@H]1CC(C)(C)C[C@@H]2[C@@]13[C@H](O)C[C@]1(C)[C@@]2(CC[C@@H]2[C@@]4(C)CC[C@H](O[C@@H]5OC[C@H](O[C@@H]6O[C@H](CO)[C@@H](O)[C@H](O)[C@H]6O[C@@H]6OC[C@@H](O)[C@H](O)[C@H]6O)[C@H](O)[C@H]5O[C@@H]5O[C@H](CO)[C@@H](O)[C@H](O)[C@H]5O)C(C)(C)[C@@H]4CC[C@]21C)O[C@@H]3O. The van der Waals surface area contributed by atoms with E-state index in [0.717, 1.165) is 19.3 Å². The number of esters is 1. The monoisotopic (exact) mass is 1160 g/mol. The average Bonchev–Trinajstić information content (AvgIpc) is 2.66. The summed E-state index contributed by atoms with van der Waals surface area (Å²) in [5.41, 5.74) is -4.14. The van der Waals surface area contributed by atoms with Crippen molar-refractivity contribution in [1.29, 1.82) is 0 Å². The lowest BCUT2D eigenvalue weighted by Gasteiger charge is -2.75. The number of rotatable bonds is 13. The largest absolute Gasteiger partial charge is 0.461 e. The minimum absolute atomic E-state index is 0.0487. The van der Waals surface area contributed by atoms with Crippen LogP contribution < -0.4 is 0 Å². The Kier molecular flexibility index (Phi) is 17.3. The second kappa shape index (κ2) is 22.3. The summed E-state index contributed by atoms with van der Waals surface area (Å²) in [4.78, 5) is 13.4. The lowest BCUT2D eigenvalue weighted by atomic mass is 9.30. The van der Waals surface area contributed by atoms with Crippen LogP contribution in [-0.4, -0.2) is 240 Å². The van der Waals surface area contributed by atoms with E-state index in [1.807, 2.05) is 13.8 Å². The van der Waals surface area contributed by atoms with Crippen molar-refractivity contribution in [3.05, 3.63) is 0 Å². The summed E-state index contributed by atoms with van der Waals surface area (Å²) in [7, 11) is 0. The molecule has 5 aliphatic carbocycles. The van der Waals surface area contributed by atoms with Crippen LogP contribution in [-0.2, 0) is 52.2 Å². The molecule has 30 atom stereocenters. The van der Waals surface area contributed by atoms with Crippen LogP contribution in [0.15, 0.2) is 0 Å². The molecule has 1 spiro atoms. The Morgan fingerprint density at radius 2 is 1.17 bits per heavy atom.